The van der Waals surface area contributed by atoms with Crippen molar-refractivity contribution in [3.63, 3.8) is 0 Å². The van der Waals surface area contributed by atoms with Gasteiger partial charge in [0.05, 0.1) is 4.92 Å². The highest BCUT2D eigenvalue weighted by molar-refractivity contribution is 5.96. The first-order valence-electron chi connectivity index (χ1n) is 10.8. The number of nitro benzene ring substituents is 1. The van der Waals surface area contributed by atoms with Crippen molar-refractivity contribution in [1.82, 2.24) is 14.9 Å². The van der Waals surface area contributed by atoms with Crippen molar-refractivity contribution in [2.24, 2.45) is 11.8 Å². The van der Waals surface area contributed by atoms with Crippen LogP contribution < -0.4 is 9.80 Å². The zero-order valence-corrected chi connectivity index (χ0v) is 18.0. The molecule has 164 valence electrons. The third-order valence-electron chi connectivity index (χ3n) is 6.03. The number of anilines is 2. The van der Waals surface area contributed by atoms with Gasteiger partial charge in [-0.15, -0.1) is 0 Å². The van der Waals surface area contributed by atoms with E-state index in [1.807, 2.05) is 4.90 Å². The maximum Gasteiger partial charge on any atom is 0.293 e. The van der Waals surface area contributed by atoms with Crippen molar-refractivity contribution in [3.05, 3.63) is 52.3 Å². The SMILES string of the molecule is CC1CC(C)CN(c2ccc(C(=O)N3CCN(c4ncccn4)CC3)cc2[N+](=O)[O-])C1. The van der Waals surface area contributed by atoms with E-state index in [0.29, 0.717) is 55.2 Å². The largest absolute Gasteiger partial charge is 0.365 e. The lowest BCUT2D eigenvalue weighted by Crippen LogP contribution is -2.49. The van der Waals surface area contributed by atoms with Gasteiger partial charge in [-0.05, 0) is 36.5 Å². The Morgan fingerprint density at radius 1 is 1.03 bits per heavy atom. The minimum Gasteiger partial charge on any atom is -0.365 e. The number of carbonyl (C=O) groups excluding carboxylic acids is 1. The molecule has 1 aromatic carbocycles. The van der Waals surface area contributed by atoms with Crippen molar-refractivity contribution in [1.29, 1.82) is 0 Å². The summed E-state index contributed by atoms with van der Waals surface area (Å²) < 4.78 is 0. The molecule has 1 aromatic heterocycles. The second kappa shape index (κ2) is 8.87. The predicted octanol–water partition coefficient (Wildman–Crippen LogP) is 2.83. The van der Waals surface area contributed by atoms with E-state index in [2.05, 4.69) is 28.7 Å². The first-order chi connectivity index (χ1) is 14.9. The average molecular weight is 425 g/mol. The highest BCUT2D eigenvalue weighted by Gasteiger charge is 2.29. The number of piperidine rings is 1. The molecule has 2 unspecified atom stereocenters. The maximum atomic E-state index is 13.0. The normalized spacial score (nSPS) is 21.8. The highest BCUT2D eigenvalue weighted by atomic mass is 16.6. The van der Waals surface area contributed by atoms with Crippen LogP contribution in [-0.2, 0) is 0 Å². The molecule has 0 spiro atoms. The Morgan fingerprint density at radius 3 is 2.29 bits per heavy atom. The van der Waals surface area contributed by atoms with Crippen molar-refractivity contribution < 1.29 is 9.72 Å². The number of carbonyl (C=O) groups is 1. The summed E-state index contributed by atoms with van der Waals surface area (Å²) in [6.45, 7) is 8.23. The highest BCUT2D eigenvalue weighted by Crippen LogP contribution is 2.34. The molecule has 9 nitrogen and oxygen atoms in total. The fourth-order valence-electron chi connectivity index (χ4n) is 4.68. The number of nitrogens with zero attached hydrogens (tertiary/aromatic N) is 6. The van der Waals surface area contributed by atoms with E-state index in [0.717, 1.165) is 19.5 Å². The van der Waals surface area contributed by atoms with Gasteiger partial charge in [-0.1, -0.05) is 13.8 Å². The van der Waals surface area contributed by atoms with Gasteiger partial charge < -0.3 is 14.7 Å². The number of aromatic nitrogens is 2. The van der Waals surface area contributed by atoms with E-state index in [4.69, 9.17) is 0 Å². The summed E-state index contributed by atoms with van der Waals surface area (Å²) in [5.41, 5.74) is 0.965. The topological polar surface area (TPSA) is 95.7 Å². The zero-order valence-electron chi connectivity index (χ0n) is 18.0. The van der Waals surface area contributed by atoms with Crippen LogP contribution in [0.1, 0.15) is 30.6 Å². The second-order valence-electron chi connectivity index (χ2n) is 8.64. The standard InChI is InChI=1S/C22H28N6O3/c1-16-12-17(2)15-27(14-16)19-5-4-18(13-20(19)28(30)31)21(29)25-8-10-26(11-9-25)22-23-6-3-7-24-22/h3-7,13,16-17H,8-12,14-15H2,1-2H3. The number of rotatable bonds is 4. The Hall–Kier alpha value is -3.23. The summed E-state index contributed by atoms with van der Waals surface area (Å²) in [6, 6.07) is 6.67. The van der Waals surface area contributed by atoms with Crippen LogP contribution in [-0.4, -0.2) is 65.0 Å². The lowest BCUT2D eigenvalue weighted by atomic mass is 9.91. The Morgan fingerprint density at radius 2 is 1.68 bits per heavy atom. The van der Waals surface area contributed by atoms with Crippen LogP contribution >= 0.6 is 0 Å². The molecule has 1 amide bonds. The molecule has 4 rings (SSSR count). The van der Waals surface area contributed by atoms with E-state index in [9.17, 15) is 14.9 Å². The van der Waals surface area contributed by atoms with Crippen molar-refractivity contribution in [2.75, 3.05) is 49.1 Å². The van der Waals surface area contributed by atoms with E-state index < -0.39 is 0 Å². The minimum absolute atomic E-state index is 0.00321. The molecule has 2 fully saturated rings. The van der Waals surface area contributed by atoms with E-state index >= 15 is 0 Å². The Kier molecular flexibility index (Phi) is 6.01. The van der Waals surface area contributed by atoms with E-state index in [1.54, 1.807) is 35.5 Å². The fourth-order valence-corrected chi connectivity index (χ4v) is 4.68. The van der Waals surface area contributed by atoms with Crippen molar-refractivity contribution in [2.45, 2.75) is 20.3 Å². The molecule has 31 heavy (non-hydrogen) atoms. The van der Waals surface area contributed by atoms with E-state index in [1.165, 1.54) is 6.07 Å². The molecule has 0 saturated carbocycles. The lowest BCUT2D eigenvalue weighted by molar-refractivity contribution is -0.384. The zero-order chi connectivity index (χ0) is 22.0. The number of amides is 1. The molecule has 2 aromatic rings. The first kappa shape index (κ1) is 21.0. The Bertz CT molecular complexity index is 936. The monoisotopic (exact) mass is 424 g/mol. The number of hydrogen-bond acceptors (Lipinski definition) is 7. The van der Waals surface area contributed by atoms with Gasteiger partial charge in [-0.3, -0.25) is 14.9 Å². The summed E-state index contributed by atoms with van der Waals surface area (Å²) >= 11 is 0. The summed E-state index contributed by atoms with van der Waals surface area (Å²) in [7, 11) is 0. The molecule has 2 aliphatic rings. The molecule has 0 bridgehead atoms. The molecule has 0 aliphatic carbocycles. The van der Waals surface area contributed by atoms with Gasteiger partial charge >= 0.3 is 0 Å². The second-order valence-corrected chi connectivity index (χ2v) is 8.64. The van der Waals surface area contributed by atoms with Gasteiger partial charge in [0.15, 0.2) is 0 Å². The molecular formula is C22H28N6O3. The molecule has 0 N–H and O–H groups in total. The molecular weight excluding hydrogens is 396 g/mol. The summed E-state index contributed by atoms with van der Waals surface area (Å²) in [5.74, 6) is 1.44. The fraction of sp³-hybridized carbons (Fsp3) is 0.500. The van der Waals surface area contributed by atoms with Crippen LogP contribution in [0.5, 0.6) is 0 Å². The maximum absolute atomic E-state index is 13.0. The van der Waals surface area contributed by atoms with Gasteiger partial charge in [0, 0.05) is 63.3 Å². The summed E-state index contributed by atoms with van der Waals surface area (Å²) in [4.78, 5) is 38.9. The molecule has 2 saturated heterocycles. The quantitative estimate of drug-likeness (QED) is 0.550. The van der Waals surface area contributed by atoms with E-state index in [-0.39, 0.29) is 16.5 Å². The van der Waals surface area contributed by atoms with Gasteiger partial charge in [-0.2, -0.15) is 0 Å². The minimum atomic E-state index is -0.374. The summed E-state index contributed by atoms with van der Waals surface area (Å²) in [5, 5.41) is 11.8. The molecule has 2 atom stereocenters. The lowest BCUT2D eigenvalue weighted by Gasteiger charge is -2.36. The summed E-state index contributed by atoms with van der Waals surface area (Å²) in [6.07, 6.45) is 4.52. The van der Waals surface area contributed by atoms with Crippen LogP contribution in [0.4, 0.5) is 17.3 Å². The van der Waals surface area contributed by atoms with Gasteiger partial charge in [0.1, 0.15) is 5.69 Å². The Labute approximate surface area is 181 Å². The third-order valence-corrected chi connectivity index (χ3v) is 6.03. The van der Waals surface area contributed by atoms with Crippen LogP contribution in [0.3, 0.4) is 0 Å². The predicted molar refractivity (Wildman–Crippen MR) is 118 cm³/mol. The van der Waals surface area contributed by atoms with Crippen LogP contribution in [0.25, 0.3) is 0 Å². The van der Waals surface area contributed by atoms with Gasteiger partial charge in [-0.25, -0.2) is 9.97 Å². The van der Waals surface area contributed by atoms with Gasteiger partial charge in [0.2, 0.25) is 5.95 Å². The van der Waals surface area contributed by atoms with Crippen molar-refractivity contribution in [3.8, 4) is 0 Å². The smallest absolute Gasteiger partial charge is 0.293 e. The molecule has 3 heterocycles. The number of piperazine rings is 1. The first-order valence-corrected chi connectivity index (χ1v) is 10.8. The Balaban J connectivity index is 1.49. The molecule has 2 aliphatic heterocycles. The van der Waals surface area contributed by atoms with Crippen LogP contribution in [0.15, 0.2) is 36.7 Å². The average Bonchev–Trinajstić information content (AvgIpc) is 2.78. The van der Waals surface area contributed by atoms with Crippen molar-refractivity contribution >= 4 is 23.2 Å². The number of benzene rings is 1. The number of nitro groups is 1. The number of hydrogen-bond donors (Lipinski definition) is 0. The third kappa shape index (κ3) is 4.60. The van der Waals surface area contributed by atoms with Crippen LogP contribution in [0.2, 0.25) is 0 Å². The molecule has 0 radical (unpaired) electrons. The van der Waals surface area contributed by atoms with Crippen LogP contribution in [0, 0.1) is 22.0 Å². The van der Waals surface area contributed by atoms with Gasteiger partial charge in [0.25, 0.3) is 11.6 Å². The molecule has 9 heteroatoms.